The number of amides is 2. The van der Waals surface area contributed by atoms with Crippen molar-refractivity contribution in [3.8, 4) is 5.88 Å². The van der Waals surface area contributed by atoms with E-state index in [1.807, 2.05) is 0 Å². The van der Waals surface area contributed by atoms with Crippen LogP contribution in [0, 0.1) is 0 Å². The summed E-state index contributed by atoms with van der Waals surface area (Å²) in [5.41, 5.74) is 1.62. The number of urea groups is 1. The highest BCUT2D eigenvalue weighted by molar-refractivity contribution is 6.06. The van der Waals surface area contributed by atoms with Crippen molar-refractivity contribution in [2.75, 3.05) is 14.2 Å². The van der Waals surface area contributed by atoms with Crippen LogP contribution in [0.3, 0.4) is 0 Å². The fraction of sp³-hybridized carbons (Fsp3) is 0.385. The van der Waals surface area contributed by atoms with E-state index in [0.29, 0.717) is 23.8 Å². The lowest BCUT2D eigenvalue weighted by Crippen LogP contribution is -2.28. The SMILES string of the molecule is CNC(=O)N/C=C(\C=O)c1cc(C2CC2)c(OC)nn1. The first-order valence-corrected chi connectivity index (χ1v) is 6.25. The molecule has 2 rings (SSSR count). The molecule has 0 unspecified atom stereocenters. The van der Waals surface area contributed by atoms with Crippen LogP contribution in [0.25, 0.3) is 5.57 Å². The molecule has 1 aliphatic rings. The van der Waals surface area contributed by atoms with Crippen LogP contribution in [-0.4, -0.2) is 36.7 Å². The van der Waals surface area contributed by atoms with Gasteiger partial charge in [-0.1, -0.05) is 0 Å². The zero-order chi connectivity index (χ0) is 14.5. The van der Waals surface area contributed by atoms with Gasteiger partial charge in [-0.25, -0.2) is 4.79 Å². The van der Waals surface area contributed by atoms with Crippen molar-refractivity contribution in [1.29, 1.82) is 0 Å². The molecular weight excluding hydrogens is 260 g/mol. The van der Waals surface area contributed by atoms with Gasteiger partial charge in [-0.05, 0) is 24.8 Å². The number of allylic oxidation sites excluding steroid dienone is 1. The third-order valence-corrected chi connectivity index (χ3v) is 3.01. The van der Waals surface area contributed by atoms with Crippen LogP contribution < -0.4 is 15.4 Å². The Hall–Kier alpha value is -2.44. The van der Waals surface area contributed by atoms with E-state index in [4.69, 9.17) is 4.74 Å². The molecule has 0 aliphatic heterocycles. The summed E-state index contributed by atoms with van der Waals surface area (Å²) in [4.78, 5) is 22.2. The number of hydrogen-bond donors (Lipinski definition) is 2. The van der Waals surface area contributed by atoms with Crippen LogP contribution in [0.2, 0.25) is 0 Å². The van der Waals surface area contributed by atoms with Gasteiger partial charge in [0.25, 0.3) is 0 Å². The fourth-order valence-corrected chi connectivity index (χ4v) is 1.77. The Morgan fingerprint density at radius 1 is 1.45 bits per heavy atom. The minimum absolute atomic E-state index is 0.255. The van der Waals surface area contributed by atoms with E-state index in [1.165, 1.54) is 13.2 Å². The number of ether oxygens (including phenoxy) is 1. The first kappa shape index (κ1) is 14.0. The molecule has 1 fully saturated rings. The van der Waals surface area contributed by atoms with Crippen LogP contribution >= 0.6 is 0 Å². The fourth-order valence-electron chi connectivity index (χ4n) is 1.77. The molecule has 1 aliphatic carbocycles. The molecule has 0 spiro atoms. The van der Waals surface area contributed by atoms with Crippen LogP contribution in [0.5, 0.6) is 5.88 Å². The van der Waals surface area contributed by atoms with E-state index in [2.05, 4.69) is 20.8 Å². The Labute approximate surface area is 116 Å². The number of nitrogens with zero attached hydrogens (tertiary/aromatic N) is 2. The van der Waals surface area contributed by atoms with Crippen molar-refractivity contribution in [2.45, 2.75) is 18.8 Å². The molecule has 106 valence electrons. The van der Waals surface area contributed by atoms with Gasteiger partial charge >= 0.3 is 6.03 Å². The predicted molar refractivity (Wildman–Crippen MR) is 72.2 cm³/mol. The van der Waals surface area contributed by atoms with E-state index in [9.17, 15) is 9.59 Å². The molecule has 7 heteroatoms. The van der Waals surface area contributed by atoms with E-state index in [-0.39, 0.29) is 5.57 Å². The molecule has 2 N–H and O–H groups in total. The highest BCUT2D eigenvalue weighted by atomic mass is 16.5. The van der Waals surface area contributed by atoms with Crippen molar-refractivity contribution in [3.63, 3.8) is 0 Å². The number of aldehydes is 1. The van der Waals surface area contributed by atoms with Gasteiger partial charge in [0, 0.05) is 18.8 Å². The van der Waals surface area contributed by atoms with Gasteiger partial charge < -0.3 is 15.4 Å². The lowest BCUT2D eigenvalue weighted by atomic mass is 10.1. The van der Waals surface area contributed by atoms with Gasteiger partial charge in [0.05, 0.1) is 18.4 Å². The number of nitrogens with one attached hydrogen (secondary N) is 2. The van der Waals surface area contributed by atoms with Crippen LogP contribution in [0.15, 0.2) is 12.3 Å². The maximum atomic E-state index is 11.1. The van der Waals surface area contributed by atoms with Crippen molar-refractivity contribution in [1.82, 2.24) is 20.8 Å². The topological polar surface area (TPSA) is 93.2 Å². The zero-order valence-corrected chi connectivity index (χ0v) is 11.3. The van der Waals surface area contributed by atoms with E-state index < -0.39 is 6.03 Å². The normalized spacial score (nSPS) is 14.6. The van der Waals surface area contributed by atoms with Crippen LogP contribution in [-0.2, 0) is 4.79 Å². The highest BCUT2D eigenvalue weighted by Crippen LogP contribution is 2.43. The monoisotopic (exact) mass is 276 g/mol. The summed E-state index contributed by atoms with van der Waals surface area (Å²) in [5.74, 6) is 0.903. The molecule has 7 nitrogen and oxygen atoms in total. The quantitative estimate of drug-likeness (QED) is 0.614. The maximum absolute atomic E-state index is 11.1. The Balaban J connectivity index is 2.27. The van der Waals surface area contributed by atoms with E-state index in [1.54, 1.807) is 13.2 Å². The molecule has 2 amide bonds. The second kappa shape index (κ2) is 6.14. The molecule has 0 atom stereocenters. The van der Waals surface area contributed by atoms with Gasteiger partial charge in [0.1, 0.15) is 0 Å². The first-order valence-electron chi connectivity index (χ1n) is 6.25. The Morgan fingerprint density at radius 2 is 2.20 bits per heavy atom. The second-order valence-electron chi connectivity index (χ2n) is 4.41. The first-order chi connectivity index (χ1) is 9.69. The van der Waals surface area contributed by atoms with Gasteiger partial charge in [0.2, 0.25) is 5.88 Å². The third-order valence-electron chi connectivity index (χ3n) is 3.01. The molecule has 1 saturated carbocycles. The largest absolute Gasteiger partial charge is 0.480 e. The predicted octanol–water partition coefficient (Wildman–Crippen LogP) is 0.831. The summed E-state index contributed by atoms with van der Waals surface area (Å²) in [6, 6.07) is 1.38. The molecule has 1 aromatic heterocycles. The molecule has 1 aromatic rings. The average Bonchev–Trinajstić information content (AvgIpc) is 3.32. The van der Waals surface area contributed by atoms with E-state index >= 15 is 0 Å². The van der Waals surface area contributed by atoms with Crippen molar-refractivity contribution >= 4 is 17.9 Å². The van der Waals surface area contributed by atoms with Crippen LogP contribution in [0.4, 0.5) is 4.79 Å². The molecule has 0 saturated heterocycles. The number of carbonyl (C=O) groups is 2. The standard InChI is InChI=1S/C13H16N4O3/c1-14-13(19)15-6-9(7-18)11-5-10(8-3-4-8)12(20-2)17-16-11/h5-8H,3-4H2,1-2H3,(H2,14,15,19)/b9-6+. The lowest BCUT2D eigenvalue weighted by molar-refractivity contribution is -0.103. The summed E-state index contributed by atoms with van der Waals surface area (Å²) in [6.07, 6.45) is 4.10. The number of hydrogen-bond acceptors (Lipinski definition) is 5. The molecule has 0 aromatic carbocycles. The minimum Gasteiger partial charge on any atom is -0.480 e. The van der Waals surface area contributed by atoms with Gasteiger partial charge in [-0.2, -0.15) is 0 Å². The average molecular weight is 276 g/mol. The Morgan fingerprint density at radius 3 is 2.75 bits per heavy atom. The van der Waals surface area contributed by atoms with Crippen LogP contribution in [0.1, 0.15) is 30.0 Å². The van der Waals surface area contributed by atoms with Gasteiger partial charge in [-0.3, -0.25) is 4.79 Å². The van der Waals surface area contributed by atoms with Gasteiger partial charge in [0.15, 0.2) is 6.29 Å². The van der Waals surface area contributed by atoms with Crippen molar-refractivity contribution < 1.29 is 14.3 Å². The molecule has 1 heterocycles. The van der Waals surface area contributed by atoms with E-state index in [0.717, 1.165) is 18.4 Å². The number of rotatable bonds is 5. The summed E-state index contributed by atoms with van der Waals surface area (Å²) in [6.45, 7) is 0. The Kier molecular flexibility index (Phi) is 4.29. The third kappa shape index (κ3) is 3.11. The Bertz CT molecular complexity index is 553. The summed E-state index contributed by atoms with van der Waals surface area (Å²) in [5, 5.41) is 12.7. The summed E-state index contributed by atoms with van der Waals surface area (Å²) >= 11 is 0. The number of methoxy groups -OCH3 is 1. The molecule has 0 radical (unpaired) electrons. The smallest absolute Gasteiger partial charge is 0.318 e. The summed E-state index contributed by atoms with van der Waals surface area (Å²) in [7, 11) is 3.03. The second-order valence-corrected chi connectivity index (χ2v) is 4.41. The molecule has 20 heavy (non-hydrogen) atoms. The number of aromatic nitrogens is 2. The maximum Gasteiger partial charge on any atom is 0.318 e. The highest BCUT2D eigenvalue weighted by Gasteiger charge is 2.28. The van der Waals surface area contributed by atoms with Crippen molar-refractivity contribution in [3.05, 3.63) is 23.5 Å². The zero-order valence-electron chi connectivity index (χ0n) is 11.3. The van der Waals surface area contributed by atoms with Crippen molar-refractivity contribution in [2.24, 2.45) is 0 Å². The summed E-state index contributed by atoms with van der Waals surface area (Å²) < 4.78 is 5.17. The molecular formula is C13H16N4O3. The number of carbonyl (C=O) groups excluding carboxylic acids is 2. The lowest BCUT2D eigenvalue weighted by Gasteiger charge is -2.07. The minimum atomic E-state index is -0.409. The molecule has 0 bridgehead atoms. The van der Waals surface area contributed by atoms with Gasteiger partial charge in [-0.15, -0.1) is 10.2 Å².